The summed E-state index contributed by atoms with van der Waals surface area (Å²) in [5.74, 6) is -1.93. The first-order valence-corrected chi connectivity index (χ1v) is 16.1. The Balaban J connectivity index is 1.49. The number of likely N-dealkylation sites (tertiary alicyclic amines) is 1. The number of nitrogens with zero attached hydrogens (tertiary/aromatic N) is 2. The molecule has 2 N–H and O–H groups in total. The molecule has 2 aliphatic rings. The Morgan fingerprint density at radius 1 is 1.23 bits per heavy atom. The van der Waals surface area contributed by atoms with Crippen molar-refractivity contribution in [2.45, 2.75) is 66.8 Å². The number of hydrogen-bond acceptors (Lipinski definition) is 9. The Labute approximate surface area is 252 Å². The highest BCUT2D eigenvalue weighted by Gasteiger charge is 2.38. The van der Waals surface area contributed by atoms with Gasteiger partial charge in [0.2, 0.25) is 0 Å². The third-order valence-electron chi connectivity index (χ3n) is 7.30. The second kappa shape index (κ2) is 14.3. The molecular formula is C28H32F4N4O5S2. The maximum Gasteiger partial charge on any atom is 0.345 e. The lowest BCUT2D eigenvalue weighted by Gasteiger charge is -2.39. The summed E-state index contributed by atoms with van der Waals surface area (Å²) >= 11 is 1.36. The highest BCUT2D eigenvalue weighted by molar-refractivity contribution is 7.99. The van der Waals surface area contributed by atoms with Crippen molar-refractivity contribution in [3.63, 3.8) is 0 Å². The third-order valence-corrected chi connectivity index (χ3v) is 9.78. The molecule has 2 aromatic rings. The van der Waals surface area contributed by atoms with Crippen molar-refractivity contribution in [2.24, 2.45) is 0 Å². The Hall–Kier alpha value is -2.90. The van der Waals surface area contributed by atoms with Gasteiger partial charge in [-0.05, 0) is 69.0 Å². The summed E-state index contributed by atoms with van der Waals surface area (Å²) in [5.41, 5.74) is -1.86. The molecule has 0 bridgehead atoms. The molecule has 4 rings (SSSR count). The van der Waals surface area contributed by atoms with Gasteiger partial charge in [-0.2, -0.15) is 14.0 Å². The monoisotopic (exact) mass is 644 g/mol. The zero-order valence-electron chi connectivity index (χ0n) is 23.3. The Kier molecular flexibility index (Phi) is 10.9. The van der Waals surface area contributed by atoms with Gasteiger partial charge in [-0.1, -0.05) is 0 Å². The molecular weight excluding hydrogens is 612 g/mol. The number of amides is 1. The fourth-order valence-electron chi connectivity index (χ4n) is 4.78. The number of ether oxygens (including phenoxy) is 2. The fraction of sp³-hybridized carbons (Fsp3) is 0.500. The Morgan fingerprint density at radius 2 is 1.95 bits per heavy atom. The molecule has 234 valence electrons. The molecule has 2 aromatic carbocycles. The van der Waals surface area contributed by atoms with Gasteiger partial charge in [0, 0.05) is 42.9 Å². The first kappa shape index (κ1) is 33.0. The van der Waals surface area contributed by atoms with Crippen molar-refractivity contribution < 1.29 is 40.2 Å². The van der Waals surface area contributed by atoms with Gasteiger partial charge >= 0.3 is 6.61 Å². The van der Waals surface area contributed by atoms with Crippen LogP contribution >= 0.6 is 11.8 Å². The number of benzene rings is 2. The highest BCUT2D eigenvalue weighted by Crippen LogP contribution is 2.29. The first-order valence-electron chi connectivity index (χ1n) is 13.6. The minimum absolute atomic E-state index is 0.220. The van der Waals surface area contributed by atoms with Crippen LogP contribution in [0.5, 0.6) is 0 Å². The zero-order chi connectivity index (χ0) is 31.2. The molecule has 15 heteroatoms. The van der Waals surface area contributed by atoms with E-state index in [9.17, 15) is 31.6 Å². The zero-order valence-corrected chi connectivity index (χ0v) is 25.0. The number of sulfonamides is 1. The fourth-order valence-corrected chi connectivity index (χ4v) is 6.86. The summed E-state index contributed by atoms with van der Waals surface area (Å²) < 4.78 is 91.6. The van der Waals surface area contributed by atoms with Crippen LogP contribution in [-0.2, 0) is 24.3 Å². The molecule has 0 radical (unpaired) electrons. The molecule has 0 spiro atoms. The van der Waals surface area contributed by atoms with E-state index in [2.05, 4.69) is 10.1 Å². The lowest BCUT2D eigenvalue weighted by Crippen LogP contribution is -2.53. The number of thioether (sulfide) groups is 1. The van der Waals surface area contributed by atoms with Gasteiger partial charge in [-0.15, -0.1) is 11.8 Å². The maximum absolute atomic E-state index is 15.5. The second-order valence-electron chi connectivity index (χ2n) is 10.6. The molecule has 9 nitrogen and oxygen atoms in total. The van der Waals surface area contributed by atoms with Gasteiger partial charge in [0.25, 0.3) is 15.9 Å². The van der Waals surface area contributed by atoms with Crippen molar-refractivity contribution >= 4 is 33.4 Å². The molecule has 2 fully saturated rings. The molecule has 2 saturated heterocycles. The number of rotatable bonds is 13. The van der Waals surface area contributed by atoms with Crippen LogP contribution in [0.2, 0.25) is 0 Å². The normalized spacial score (nSPS) is 20.3. The van der Waals surface area contributed by atoms with E-state index in [1.165, 1.54) is 30.8 Å². The number of alkyl halides is 2. The van der Waals surface area contributed by atoms with Gasteiger partial charge in [-0.25, -0.2) is 21.9 Å². The van der Waals surface area contributed by atoms with Gasteiger partial charge in [-0.3, -0.25) is 9.69 Å². The topological polar surface area (TPSA) is 121 Å². The number of carbonyl (C=O) groups excluding carboxylic acids is 1. The van der Waals surface area contributed by atoms with Crippen LogP contribution in [0.4, 0.5) is 23.2 Å². The van der Waals surface area contributed by atoms with Gasteiger partial charge in [0.05, 0.1) is 22.3 Å². The molecule has 0 aliphatic carbocycles. The van der Waals surface area contributed by atoms with Crippen LogP contribution in [0.1, 0.15) is 38.2 Å². The highest BCUT2D eigenvalue weighted by atomic mass is 32.2. The van der Waals surface area contributed by atoms with Crippen LogP contribution in [0.25, 0.3) is 0 Å². The van der Waals surface area contributed by atoms with E-state index in [0.717, 1.165) is 23.4 Å². The smallest absolute Gasteiger partial charge is 0.345 e. The van der Waals surface area contributed by atoms with Crippen molar-refractivity contribution in [2.75, 3.05) is 37.3 Å². The molecule has 2 aliphatic heterocycles. The number of nitrogens with one attached hydrogen (secondary N) is 2. The summed E-state index contributed by atoms with van der Waals surface area (Å²) in [4.78, 5) is 14.8. The summed E-state index contributed by atoms with van der Waals surface area (Å²) in [5, 5.41) is 12.8. The predicted molar refractivity (Wildman–Crippen MR) is 151 cm³/mol. The van der Waals surface area contributed by atoms with Crippen molar-refractivity contribution in [3.8, 4) is 6.07 Å². The molecule has 0 saturated carbocycles. The van der Waals surface area contributed by atoms with Crippen LogP contribution in [0.15, 0.2) is 46.2 Å². The first-order chi connectivity index (χ1) is 20.4. The average Bonchev–Trinajstić information content (AvgIpc) is 2.94. The van der Waals surface area contributed by atoms with Crippen LogP contribution in [-0.4, -0.2) is 75.6 Å². The Bertz CT molecular complexity index is 1430. The molecule has 43 heavy (non-hydrogen) atoms. The van der Waals surface area contributed by atoms with E-state index in [0.29, 0.717) is 51.3 Å². The number of halogens is 4. The number of carbonyl (C=O) groups is 1. The van der Waals surface area contributed by atoms with E-state index in [-0.39, 0.29) is 11.3 Å². The summed E-state index contributed by atoms with van der Waals surface area (Å²) in [6, 6.07) is 8.86. The number of hydrogen-bond donors (Lipinski definition) is 2. The molecule has 1 amide bonds. The maximum atomic E-state index is 15.5. The molecule has 0 aromatic heterocycles. The van der Waals surface area contributed by atoms with Crippen molar-refractivity contribution in [3.05, 3.63) is 53.6 Å². The van der Waals surface area contributed by atoms with Crippen LogP contribution < -0.4 is 10.0 Å². The largest absolute Gasteiger partial charge is 0.378 e. The van der Waals surface area contributed by atoms with E-state index in [4.69, 9.17) is 4.74 Å². The van der Waals surface area contributed by atoms with Crippen molar-refractivity contribution in [1.82, 2.24) is 9.62 Å². The number of nitriles is 1. The van der Waals surface area contributed by atoms with Gasteiger partial charge in [0.1, 0.15) is 23.3 Å². The SMILES string of the molecule is C[C@]1(C(=O)NS(=O)(=O)c2cc(F)c(N[C@H](CCN3CC(OC(F)F)C3)CSc3ccc(F)cc3)c(C#N)c2)CCCCO1. The summed E-state index contributed by atoms with van der Waals surface area (Å²) in [6.45, 7) is 0.00430. The van der Waals surface area contributed by atoms with E-state index < -0.39 is 56.8 Å². The van der Waals surface area contributed by atoms with E-state index in [1.807, 2.05) is 15.7 Å². The predicted octanol–water partition coefficient (Wildman–Crippen LogP) is 4.49. The minimum atomic E-state index is -4.53. The van der Waals surface area contributed by atoms with Gasteiger partial charge in [0.15, 0.2) is 0 Å². The second-order valence-corrected chi connectivity index (χ2v) is 13.4. The van der Waals surface area contributed by atoms with Crippen LogP contribution in [0, 0.1) is 23.0 Å². The van der Waals surface area contributed by atoms with E-state index in [1.54, 1.807) is 12.1 Å². The number of anilines is 1. The Morgan fingerprint density at radius 3 is 2.58 bits per heavy atom. The quantitative estimate of drug-likeness (QED) is 0.240. The van der Waals surface area contributed by atoms with Gasteiger partial charge < -0.3 is 14.8 Å². The minimum Gasteiger partial charge on any atom is -0.378 e. The summed E-state index contributed by atoms with van der Waals surface area (Å²) in [6.07, 6.45) is 1.58. The van der Waals surface area contributed by atoms with Crippen LogP contribution in [0.3, 0.4) is 0 Å². The van der Waals surface area contributed by atoms with Crippen molar-refractivity contribution in [1.29, 1.82) is 5.26 Å². The molecule has 0 unspecified atom stereocenters. The molecule has 2 heterocycles. The standard InChI is InChI=1S/C28H32F4N4O5S2/c1-28(9-2-3-11-40-28)26(37)35-43(38,39)23-12-18(14-33)25(24(30)13-23)34-20(17-42-22-6-4-19(29)5-7-22)8-10-36-15-21(16-36)41-27(31)32/h4-7,12-13,20-21,27,34H,2-3,8-11,15-17H2,1H3,(H,35,37)/t20-,28-/m1/s1. The molecule has 2 atom stereocenters. The summed E-state index contributed by atoms with van der Waals surface area (Å²) in [7, 11) is -4.53. The third kappa shape index (κ3) is 8.82. The lowest BCUT2D eigenvalue weighted by atomic mass is 9.95. The van der Waals surface area contributed by atoms with E-state index >= 15 is 4.39 Å². The lowest BCUT2D eigenvalue weighted by molar-refractivity contribution is -0.195. The average molecular weight is 645 g/mol.